The van der Waals surface area contributed by atoms with Crippen LogP contribution in [0.1, 0.15) is 5.56 Å². The molecule has 0 unspecified atom stereocenters. The van der Waals surface area contributed by atoms with Gasteiger partial charge >= 0.3 is 0 Å². The Kier molecular flexibility index (Phi) is 6.95. The predicted molar refractivity (Wildman–Crippen MR) is 119 cm³/mol. The number of nitrogens with zero attached hydrogens (tertiary/aromatic N) is 2. The fraction of sp³-hybridized carbons (Fsp3) is 0.381. The average Bonchev–Trinajstić information content (AvgIpc) is 2.73. The highest BCUT2D eigenvalue weighted by atomic mass is 32.1. The van der Waals surface area contributed by atoms with E-state index in [-0.39, 0.29) is 0 Å². The van der Waals surface area contributed by atoms with Crippen molar-refractivity contribution >= 4 is 28.7 Å². The standard InChI is InChI=1S/C21H28N4O2S/c1-24-10-12-25(13-11-24)18-7-4-16(5-8-18)15-22-21(28)23-17-6-9-19(26-2)20(14-17)27-3/h4-9,14H,10-13,15H2,1-3H3,(H2,22,23,28). The molecule has 0 bridgehead atoms. The molecule has 6 nitrogen and oxygen atoms in total. The minimum atomic E-state index is 0.565. The highest BCUT2D eigenvalue weighted by molar-refractivity contribution is 7.80. The molecule has 2 N–H and O–H groups in total. The molecule has 2 aromatic carbocycles. The lowest BCUT2D eigenvalue weighted by molar-refractivity contribution is 0.313. The van der Waals surface area contributed by atoms with Crippen LogP contribution in [0.25, 0.3) is 0 Å². The van der Waals surface area contributed by atoms with Gasteiger partial charge in [-0.1, -0.05) is 12.1 Å². The Morgan fingerprint density at radius 2 is 1.64 bits per heavy atom. The molecule has 1 fully saturated rings. The number of ether oxygens (including phenoxy) is 2. The third-order valence-electron chi connectivity index (χ3n) is 4.90. The summed E-state index contributed by atoms with van der Waals surface area (Å²) in [6, 6.07) is 14.3. The van der Waals surface area contributed by atoms with Crippen molar-refractivity contribution in [2.75, 3.05) is 57.7 Å². The largest absolute Gasteiger partial charge is 0.493 e. The Hall–Kier alpha value is -2.51. The zero-order chi connectivity index (χ0) is 19.9. The Morgan fingerprint density at radius 1 is 0.964 bits per heavy atom. The first-order chi connectivity index (χ1) is 13.6. The van der Waals surface area contributed by atoms with Crippen LogP contribution in [-0.2, 0) is 6.54 Å². The summed E-state index contributed by atoms with van der Waals surface area (Å²) in [5, 5.41) is 6.99. The van der Waals surface area contributed by atoms with Crippen LogP contribution < -0.4 is 25.0 Å². The molecule has 0 aliphatic carbocycles. The van der Waals surface area contributed by atoms with Crippen LogP contribution >= 0.6 is 12.2 Å². The normalized spacial score (nSPS) is 14.5. The maximum absolute atomic E-state index is 5.41. The smallest absolute Gasteiger partial charge is 0.171 e. The molecule has 7 heteroatoms. The monoisotopic (exact) mass is 400 g/mol. The van der Waals surface area contributed by atoms with Crippen LogP contribution in [-0.4, -0.2) is 57.5 Å². The van der Waals surface area contributed by atoms with Gasteiger partial charge in [0.25, 0.3) is 0 Å². The highest BCUT2D eigenvalue weighted by Gasteiger charge is 2.14. The number of benzene rings is 2. The SMILES string of the molecule is COc1ccc(NC(=S)NCc2ccc(N3CCN(C)CC3)cc2)cc1OC. The molecule has 28 heavy (non-hydrogen) atoms. The van der Waals surface area contributed by atoms with Crippen molar-refractivity contribution in [1.29, 1.82) is 0 Å². The van der Waals surface area contributed by atoms with Crippen molar-refractivity contribution in [3.63, 3.8) is 0 Å². The van der Waals surface area contributed by atoms with Gasteiger partial charge in [-0.3, -0.25) is 0 Å². The van der Waals surface area contributed by atoms with E-state index in [4.69, 9.17) is 21.7 Å². The van der Waals surface area contributed by atoms with Crippen LogP contribution in [0, 0.1) is 0 Å². The lowest BCUT2D eigenvalue weighted by Crippen LogP contribution is -2.44. The zero-order valence-electron chi connectivity index (χ0n) is 16.7. The fourth-order valence-electron chi connectivity index (χ4n) is 3.16. The van der Waals surface area contributed by atoms with Crippen molar-refractivity contribution in [1.82, 2.24) is 10.2 Å². The topological polar surface area (TPSA) is 49.0 Å². The molecule has 0 aromatic heterocycles. The highest BCUT2D eigenvalue weighted by Crippen LogP contribution is 2.29. The van der Waals surface area contributed by atoms with Crippen LogP contribution in [0.15, 0.2) is 42.5 Å². The number of anilines is 2. The molecule has 2 aromatic rings. The third-order valence-corrected chi connectivity index (χ3v) is 5.15. The summed E-state index contributed by atoms with van der Waals surface area (Å²) in [6.45, 7) is 5.04. The average molecular weight is 401 g/mol. The van der Waals surface area contributed by atoms with Gasteiger partial charge in [0.15, 0.2) is 16.6 Å². The first-order valence-electron chi connectivity index (χ1n) is 9.38. The van der Waals surface area contributed by atoms with Crippen LogP contribution in [0.4, 0.5) is 11.4 Å². The van der Waals surface area contributed by atoms with E-state index in [1.165, 1.54) is 11.3 Å². The molecule has 150 valence electrons. The summed E-state index contributed by atoms with van der Waals surface area (Å²) in [7, 11) is 5.40. The number of hydrogen-bond acceptors (Lipinski definition) is 5. The quantitative estimate of drug-likeness (QED) is 0.723. The van der Waals surface area contributed by atoms with Crippen molar-refractivity contribution in [2.45, 2.75) is 6.54 Å². The minimum Gasteiger partial charge on any atom is -0.493 e. The number of nitrogens with one attached hydrogen (secondary N) is 2. The van der Waals surface area contributed by atoms with E-state index in [0.29, 0.717) is 23.2 Å². The van der Waals surface area contributed by atoms with Gasteiger partial charge in [0.05, 0.1) is 14.2 Å². The molecular formula is C21H28N4O2S. The fourth-order valence-corrected chi connectivity index (χ4v) is 3.35. The number of hydrogen-bond donors (Lipinski definition) is 2. The van der Waals surface area contributed by atoms with Crippen molar-refractivity contribution in [3.05, 3.63) is 48.0 Å². The van der Waals surface area contributed by atoms with E-state index < -0.39 is 0 Å². The summed E-state index contributed by atoms with van der Waals surface area (Å²) in [5.74, 6) is 1.35. The van der Waals surface area contributed by atoms with Crippen LogP contribution in [0.2, 0.25) is 0 Å². The van der Waals surface area contributed by atoms with Crippen molar-refractivity contribution in [2.24, 2.45) is 0 Å². The van der Waals surface area contributed by atoms with Crippen LogP contribution in [0.5, 0.6) is 11.5 Å². The summed E-state index contributed by atoms with van der Waals surface area (Å²) in [4.78, 5) is 4.79. The third kappa shape index (κ3) is 5.27. The van der Waals surface area contributed by atoms with E-state index in [2.05, 4.69) is 51.7 Å². The van der Waals surface area contributed by atoms with E-state index in [9.17, 15) is 0 Å². The maximum atomic E-state index is 5.41. The lowest BCUT2D eigenvalue weighted by Gasteiger charge is -2.34. The minimum absolute atomic E-state index is 0.565. The second-order valence-corrected chi connectivity index (χ2v) is 7.24. The molecule has 0 atom stereocenters. The zero-order valence-corrected chi connectivity index (χ0v) is 17.5. The molecule has 1 aliphatic heterocycles. The summed E-state index contributed by atoms with van der Waals surface area (Å²) in [6.07, 6.45) is 0. The number of thiocarbonyl (C=S) groups is 1. The second kappa shape index (κ2) is 9.61. The number of methoxy groups -OCH3 is 2. The lowest BCUT2D eigenvalue weighted by atomic mass is 10.2. The molecular weight excluding hydrogens is 372 g/mol. The maximum Gasteiger partial charge on any atom is 0.171 e. The number of rotatable bonds is 6. The molecule has 0 amide bonds. The Labute approximate surface area is 172 Å². The van der Waals surface area contributed by atoms with Crippen molar-refractivity contribution < 1.29 is 9.47 Å². The first kappa shape index (κ1) is 20.2. The molecule has 1 aliphatic rings. The number of piperazine rings is 1. The van der Waals surface area contributed by atoms with Crippen LogP contribution in [0.3, 0.4) is 0 Å². The first-order valence-corrected chi connectivity index (χ1v) is 9.79. The molecule has 0 saturated carbocycles. The van der Waals surface area contributed by atoms with Gasteiger partial charge in [-0.25, -0.2) is 0 Å². The summed E-state index contributed by atoms with van der Waals surface area (Å²) >= 11 is 5.41. The van der Waals surface area contributed by atoms with E-state index in [1.807, 2.05) is 18.2 Å². The van der Waals surface area contributed by atoms with Gasteiger partial charge in [-0.05, 0) is 49.1 Å². The molecule has 3 rings (SSSR count). The van der Waals surface area contributed by atoms with E-state index in [1.54, 1.807) is 14.2 Å². The number of likely N-dealkylation sites (N-methyl/N-ethyl adjacent to an activating group) is 1. The van der Waals surface area contributed by atoms with Gasteiger partial charge in [-0.15, -0.1) is 0 Å². The predicted octanol–water partition coefficient (Wildman–Crippen LogP) is 2.94. The second-order valence-electron chi connectivity index (χ2n) is 6.83. The van der Waals surface area contributed by atoms with Gasteiger partial charge in [0.2, 0.25) is 0 Å². The Balaban J connectivity index is 1.50. The molecule has 0 radical (unpaired) electrons. The molecule has 1 heterocycles. The Morgan fingerprint density at radius 3 is 2.29 bits per heavy atom. The summed E-state index contributed by atoms with van der Waals surface area (Å²) < 4.78 is 10.6. The van der Waals surface area contributed by atoms with E-state index >= 15 is 0 Å². The van der Waals surface area contributed by atoms with Gasteiger partial charge in [-0.2, -0.15) is 0 Å². The molecule has 1 saturated heterocycles. The van der Waals surface area contributed by atoms with Gasteiger partial charge in [0, 0.05) is 50.2 Å². The van der Waals surface area contributed by atoms with Gasteiger partial charge in [0.1, 0.15) is 0 Å². The van der Waals surface area contributed by atoms with Crippen molar-refractivity contribution in [3.8, 4) is 11.5 Å². The molecule has 0 spiro atoms. The Bertz CT molecular complexity index is 789. The van der Waals surface area contributed by atoms with E-state index in [0.717, 1.165) is 31.9 Å². The summed E-state index contributed by atoms with van der Waals surface area (Å²) in [5.41, 5.74) is 3.32. The van der Waals surface area contributed by atoms with Gasteiger partial charge < -0.3 is 29.9 Å².